The molecular formula is C5H8F2INO. The Kier molecular flexibility index (Phi) is 2.81. The summed E-state index contributed by atoms with van der Waals surface area (Å²) >= 11 is 1.88. The lowest BCUT2D eigenvalue weighted by molar-refractivity contribution is -0.0616. The minimum absolute atomic E-state index is 0.201. The van der Waals surface area contributed by atoms with Gasteiger partial charge in [-0.1, -0.05) is 0 Å². The summed E-state index contributed by atoms with van der Waals surface area (Å²) in [7, 11) is 0. The van der Waals surface area contributed by atoms with E-state index in [0.29, 0.717) is 13.2 Å². The second-order valence-electron chi connectivity index (χ2n) is 2.25. The molecule has 0 amide bonds. The Hall–Kier alpha value is 0.510. The SMILES string of the molecule is FC1(F)COCCN(I)C1. The van der Waals surface area contributed by atoms with E-state index < -0.39 is 12.5 Å². The van der Waals surface area contributed by atoms with Gasteiger partial charge < -0.3 is 4.74 Å². The number of rotatable bonds is 0. The molecule has 0 aliphatic carbocycles. The molecule has 10 heavy (non-hydrogen) atoms. The normalized spacial score (nSPS) is 27.9. The molecule has 1 aliphatic heterocycles. The first-order valence-corrected chi connectivity index (χ1v) is 3.93. The van der Waals surface area contributed by atoms with Crippen LogP contribution in [0.25, 0.3) is 0 Å². The molecule has 0 aromatic heterocycles. The molecule has 0 atom stereocenters. The lowest BCUT2D eigenvalue weighted by Gasteiger charge is -2.15. The van der Waals surface area contributed by atoms with Crippen molar-refractivity contribution in [2.75, 3.05) is 26.3 Å². The molecule has 0 aromatic carbocycles. The minimum Gasteiger partial charge on any atom is -0.374 e. The largest absolute Gasteiger partial charge is 0.374 e. The molecular weight excluding hydrogens is 255 g/mol. The molecule has 5 heteroatoms. The topological polar surface area (TPSA) is 12.5 Å². The lowest BCUT2D eigenvalue weighted by atomic mass is 10.4. The number of nitrogens with zero attached hydrogens (tertiary/aromatic N) is 1. The lowest BCUT2D eigenvalue weighted by Crippen LogP contribution is -2.31. The van der Waals surface area contributed by atoms with Crippen molar-refractivity contribution in [3.05, 3.63) is 0 Å². The van der Waals surface area contributed by atoms with E-state index in [9.17, 15) is 8.78 Å². The van der Waals surface area contributed by atoms with Crippen LogP contribution in [-0.2, 0) is 4.74 Å². The van der Waals surface area contributed by atoms with E-state index in [4.69, 9.17) is 0 Å². The molecule has 60 valence electrons. The van der Waals surface area contributed by atoms with E-state index in [1.54, 1.807) is 3.11 Å². The van der Waals surface area contributed by atoms with E-state index >= 15 is 0 Å². The molecule has 0 radical (unpaired) electrons. The Bertz CT molecular complexity index is 122. The maximum atomic E-state index is 12.5. The van der Waals surface area contributed by atoms with Crippen molar-refractivity contribution in [3.8, 4) is 0 Å². The standard InChI is InChI=1S/C5H8F2INO/c6-5(7)3-9(8)1-2-10-4-5/h1-4H2. The van der Waals surface area contributed by atoms with Crippen LogP contribution >= 0.6 is 22.9 Å². The fourth-order valence-corrected chi connectivity index (χ4v) is 1.46. The van der Waals surface area contributed by atoms with E-state index in [2.05, 4.69) is 4.74 Å². The molecule has 0 aromatic rings. The van der Waals surface area contributed by atoms with Crippen LogP contribution in [0.1, 0.15) is 0 Å². The Morgan fingerprint density at radius 1 is 1.50 bits per heavy atom. The Morgan fingerprint density at radius 3 is 2.90 bits per heavy atom. The summed E-state index contributed by atoms with van der Waals surface area (Å²) in [4.78, 5) is 0. The number of hydrogen-bond donors (Lipinski definition) is 0. The zero-order chi connectivity index (χ0) is 7.61. The Labute approximate surface area is 72.0 Å². The van der Waals surface area contributed by atoms with E-state index in [-0.39, 0.29) is 6.54 Å². The van der Waals surface area contributed by atoms with Crippen LogP contribution in [0.3, 0.4) is 0 Å². The van der Waals surface area contributed by atoms with Gasteiger partial charge in [0, 0.05) is 29.4 Å². The molecule has 0 N–H and O–H groups in total. The molecule has 1 aliphatic rings. The molecule has 1 heterocycles. The van der Waals surface area contributed by atoms with Gasteiger partial charge in [-0.3, -0.25) is 0 Å². The van der Waals surface area contributed by atoms with Gasteiger partial charge in [0.1, 0.15) is 6.61 Å². The monoisotopic (exact) mass is 263 g/mol. The first kappa shape index (κ1) is 8.61. The van der Waals surface area contributed by atoms with Crippen LogP contribution in [0.5, 0.6) is 0 Å². The highest BCUT2D eigenvalue weighted by Crippen LogP contribution is 2.20. The van der Waals surface area contributed by atoms with Crippen molar-refractivity contribution in [2.45, 2.75) is 5.92 Å². The number of alkyl halides is 2. The summed E-state index contributed by atoms with van der Waals surface area (Å²) in [6.45, 7) is 0.342. The first-order chi connectivity index (χ1) is 4.60. The molecule has 0 bridgehead atoms. The number of halogens is 3. The van der Waals surface area contributed by atoms with Crippen molar-refractivity contribution in [3.63, 3.8) is 0 Å². The van der Waals surface area contributed by atoms with Gasteiger partial charge in [0.25, 0.3) is 5.92 Å². The van der Waals surface area contributed by atoms with Gasteiger partial charge in [-0.15, -0.1) is 0 Å². The van der Waals surface area contributed by atoms with Gasteiger partial charge in [-0.05, 0) is 0 Å². The van der Waals surface area contributed by atoms with Crippen molar-refractivity contribution in [2.24, 2.45) is 0 Å². The summed E-state index contributed by atoms with van der Waals surface area (Å²) in [5.41, 5.74) is 0. The summed E-state index contributed by atoms with van der Waals surface area (Å²) in [5.74, 6) is -2.67. The van der Waals surface area contributed by atoms with Gasteiger partial charge in [0.2, 0.25) is 0 Å². The van der Waals surface area contributed by atoms with Gasteiger partial charge in [-0.2, -0.15) is 0 Å². The maximum absolute atomic E-state index is 12.5. The van der Waals surface area contributed by atoms with Crippen molar-refractivity contribution in [1.29, 1.82) is 0 Å². The Morgan fingerprint density at radius 2 is 2.20 bits per heavy atom. The van der Waals surface area contributed by atoms with Gasteiger partial charge in [0.05, 0.1) is 13.2 Å². The molecule has 1 rings (SSSR count). The van der Waals surface area contributed by atoms with E-state index in [0.717, 1.165) is 0 Å². The average Bonchev–Trinajstić information content (AvgIpc) is 1.90. The predicted octanol–water partition coefficient (Wildman–Crippen LogP) is 1.30. The molecule has 2 nitrogen and oxygen atoms in total. The van der Waals surface area contributed by atoms with Gasteiger partial charge in [0.15, 0.2) is 0 Å². The van der Waals surface area contributed by atoms with Crippen LogP contribution in [0.15, 0.2) is 0 Å². The quantitative estimate of drug-likeness (QED) is 0.482. The molecule has 0 spiro atoms. The maximum Gasteiger partial charge on any atom is 0.284 e. The third-order valence-electron chi connectivity index (χ3n) is 1.19. The van der Waals surface area contributed by atoms with Crippen molar-refractivity contribution in [1.82, 2.24) is 3.11 Å². The minimum atomic E-state index is -2.67. The average molecular weight is 263 g/mol. The first-order valence-electron chi connectivity index (χ1n) is 2.96. The highest BCUT2D eigenvalue weighted by molar-refractivity contribution is 14.1. The molecule has 1 fully saturated rings. The third kappa shape index (κ3) is 2.63. The molecule has 0 saturated carbocycles. The summed E-state index contributed by atoms with van der Waals surface area (Å²) in [6, 6.07) is 0. The summed E-state index contributed by atoms with van der Waals surface area (Å²) in [6.07, 6.45) is 0. The second-order valence-corrected chi connectivity index (χ2v) is 3.62. The fourth-order valence-electron chi connectivity index (χ4n) is 0.761. The smallest absolute Gasteiger partial charge is 0.284 e. The fraction of sp³-hybridized carbons (Fsp3) is 1.00. The van der Waals surface area contributed by atoms with Crippen LogP contribution in [-0.4, -0.2) is 35.3 Å². The van der Waals surface area contributed by atoms with Crippen LogP contribution < -0.4 is 0 Å². The predicted molar refractivity (Wildman–Crippen MR) is 41.4 cm³/mol. The number of hydrogen-bond acceptors (Lipinski definition) is 2. The zero-order valence-electron chi connectivity index (χ0n) is 5.32. The van der Waals surface area contributed by atoms with Gasteiger partial charge in [-0.25, -0.2) is 11.9 Å². The molecule has 1 saturated heterocycles. The van der Waals surface area contributed by atoms with Crippen LogP contribution in [0.4, 0.5) is 8.78 Å². The van der Waals surface area contributed by atoms with E-state index in [1.165, 1.54) is 0 Å². The van der Waals surface area contributed by atoms with E-state index in [1.807, 2.05) is 22.9 Å². The highest BCUT2D eigenvalue weighted by atomic mass is 127. The van der Waals surface area contributed by atoms with Crippen molar-refractivity contribution >= 4 is 22.9 Å². The second kappa shape index (κ2) is 3.27. The summed E-state index contributed by atoms with van der Waals surface area (Å²) < 4.78 is 31.3. The van der Waals surface area contributed by atoms with Crippen LogP contribution in [0.2, 0.25) is 0 Å². The summed E-state index contributed by atoms with van der Waals surface area (Å²) in [5, 5.41) is 0. The third-order valence-corrected chi connectivity index (χ3v) is 2.02. The molecule has 0 unspecified atom stereocenters. The van der Waals surface area contributed by atoms with Crippen LogP contribution in [0, 0.1) is 0 Å². The number of ether oxygens (including phenoxy) is 1. The van der Waals surface area contributed by atoms with Crippen molar-refractivity contribution < 1.29 is 13.5 Å². The van der Waals surface area contributed by atoms with Gasteiger partial charge >= 0.3 is 0 Å². The highest BCUT2D eigenvalue weighted by Gasteiger charge is 2.33. The Balaban J connectivity index is 2.46. The zero-order valence-corrected chi connectivity index (χ0v) is 7.48.